The first-order valence-corrected chi connectivity index (χ1v) is 7.45. The second kappa shape index (κ2) is 5.89. The van der Waals surface area contributed by atoms with Crippen molar-refractivity contribution in [3.63, 3.8) is 0 Å². The standard InChI is InChI=1S/C13H22N4S/c1-13(2)6-7-17(8-9-18-13)12-5-4-11(10-14-3)15-16-12/h4-5,14H,6-10H2,1-3H3. The molecule has 1 aromatic rings. The molecule has 1 aliphatic heterocycles. The number of aromatic nitrogens is 2. The van der Waals surface area contributed by atoms with Crippen LogP contribution in [-0.2, 0) is 6.54 Å². The summed E-state index contributed by atoms with van der Waals surface area (Å²) < 4.78 is 0.383. The van der Waals surface area contributed by atoms with Crippen LogP contribution in [0.4, 0.5) is 5.82 Å². The molecule has 1 saturated heterocycles. The van der Waals surface area contributed by atoms with Gasteiger partial charge >= 0.3 is 0 Å². The fraction of sp³-hybridized carbons (Fsp3) is 0.692. The van der Waals surface area contributed by atoms with Gasteiger partial charge in [0, 0.05) is 30.1 Å². The molecule has 1 aliphatic rings. The van der Waals surface area contributed by atoms with E-state index < -0.39 is 0 Å². The maximum atomic E-state index is 4.34. The van der Waals surface area contributed by atoms with E-state index >= 15 is 0 Å². The van der Waals surface area contributed by atoms with E-state index in [-0.39, 0.29) is 0 Å². The molecule has 0 aromatic carbocycles. The maximum Gasteiger partial charge on any atom is 0.151 e. The van der Waals surface area contributed by atoms with Gasteiger partial charge in [-0.15, -0.1) is 5.10 Å². The Balaban J connectivity index is 2.02. The van der Waals surface area contributed by atoms with Gasteiger partial charge in [0.25, 0.3) is 0 Å². The van der Waals surface area contributed by atoms with Crippen molar-refractivity contribution < 1.29 is 0 Å². The summed E-state index contributed by atoms with van der Waals surface area (Å²) in [5.41, 5.74) is 0.991. The van der Waals surface area contributed by atoms with Crippen molar-refractivity contribution in [1.82, 2.24) is 15.5 Å². The van der Waals surface area contributed by atoms with Crippen LogP contribution in [0.3, 0.4) is 0 Å². The molecule has 1 fully saturated rings. The molecule has 1 N–H and O–H groups in total. The van der Waals surface area contributed by atoms with Gasteiger partial charge < -0.3 is 10.2 Å². The van der Waals surface area contributed by atoms with Gasteiger partial charge in [0.1, 0.15) is 0 Å². The third-order valence-electron chi connectivity index (χ3n) is 3.23. The molecular formula is C13H22N4S. The second-order valence-electron chi connectivity index (χ2n) is 5.26. The Hall–Kier alpha value is -0.810. The summed E-state index contributed by atoms with van der Waals surface area (Å²) >= 11 is 2.05. The maximum absolute atomic E-state index is 4.34. The lowest BCUT2D eigenvalue weighted by Crippen LogP contribution is -2.28. The first-order valence-electron chi connectivity index (χ1n) is 6.47. The van der Waals surface area contributed by atoms with Crippen LogP contribution >= 0.6 is 11.8 Å². The van der Waals surface area contributed by atoms with E-state index in [4.69, 9.17) is 0 Å². The Morgan fingerprint density at radius 1 is 1.33 bits per heavy atom. The molecule has 0 amide bonds. The SMILES string of the molecule is CNCc1ccc(N2CCSC(C)(C)CC2)nn1. The minimum Gasteiger partial charge on any atom is -0.354 e. The molecule has 0 bridgehead atoms. The van der Waals surface area contributed by atoms with Crippen molar-refractivity contribution in [2.24, 2.45) is 0 Å². The third kappa shape index (κ3) is 3.59. The number of thioether (sulfide) groups is 1. The average molecular weight is 266 g/mol. The van der Waals surface area contributed by atoms with Crippen LogP contribution < -0.4 is 10.2 Å². The molecule has 0 saturated carbocycles. The number of hydrogen-bond donors (Lipinski definition) is 1. The van der Waals surface area contributed by atoms with Crippen molar-refractivity contribution in [2.45, 2.75) is 31.6 Å². The highest BCUT2D eigenvalue weighted by Gasteiger charge is 2.24. The van der Waals surface area contributed by atoms with Crippen LogP contribution in [0.1, 0.15) is 26.0 Å². The summed E-state index contributed by atoms with van der Waals surface area (Å²) in [7, 11) is 1.92. The molecule has 100 valence electrons. The van der Waals surface area contributed by atoms with Crippen LogP contribution in [0.2, 0.25) is 0 Å². The number of hydrogen-bond acceptors (Lipinski definition) is 5. The molecule has 0 aliphatic carbocycles. The van der Waals surface area contributed by atoms with Crippen LogP contribution in [0, 0.1) is 0 Å². The molecule has 2 heterocycles. The Labute approximate surface area is 114 Å². The van der Waals surface area contributed by atoms with Gasteiger partial charge in [0.2, 0.25) is 0 Å². The van der Waals surface area contributed by atoms with Gasteiger partial charge in [-0.05, 0) is 25.6 Å². The smallest absolute Gasteiger partial charge is 0.151 e. The molecule has 18 heavy (non-hydrogen) atoms. The van der Waals surface area contributed by atoms with Crippen molar-refractivity contribution in [1.29, 1.82) is 0 Å². The highest BCUT2D eigenvalue weighted by atomic mass is 32.2. The van der Waals surface area contributed by atoms with Gasteiger partial charge in [-0.3, -0.25) is 0 Å². The number of rotatable bonds is 3. The van der Waals surface area contributed by atoms with E-state index in [9.17, 15) is 0 Å². The summed E-state index contributed by atoms with van der Waals surface area (Å²) in [6.45, 7) is 7.55. The minimum absolute atomic E-state index is 0.383. The predicted molar refractivity (Wildman–Crippen MR) is 78.2 cm³/mol. The third-order valence-corrected chi connectivity index (χ3v) is 4.60. The summed E-state index contributed by atoms with van der Waals surface area (Å²) in [6, 6.07) is 4.14. The van der Waals surface area contributed by atoms with Crippen LogP contribution in [0.5, 0.6) is 0 Å². The molecule has 0 radical (unpaired) electrons. The van der Waals surface area contributed by atoms with E-state index in [1.54, 1.807) is 0 Å². The monoisotopic (exact) mass is 266 g/mol. The van der Waals surface area contributed by atoms with Crippen molar-refractivity contribution in [2.75, 3.05) is 30.8 Å². The van der Waals surface area contributed by atoms with Crippen molar-refractivity contribution >= 4 is 17.6 Å². The molecule has 2 rings (SSSR count). The Bertz CT molecular complexity index is 377. The Kier molecular flexibility index (Phi) is 4.45. The van der Waals surface area contributed by atoms with Crippen LogP contribution in [0.15, 0.2) is 12.1 Å². The largest absolute Gasteiger partial charge is 0.354 e. The minimum atomic E-state index is 0.383. The summed E-state index contributed by atoms with van der Waals surface area (Å²) in [5.74, 6) is 2.17. The van der Waals surface area contributed by atoms with Gasteiger partial charge in [-0.25, -0.2) is 0 Å². The highest BCUT2D eigenvalue weighted by molar-refractivity contribution is 8.00. The molecule has 1 aromatic heterocycles. The van der Waals surface area contributed by atoms with Gasteiger partial charge in [-0.2, -0.15) is 16.9 Å². The molecule has 5 heteroatoms. The summed E-state index contributed by atoms with van der Waals surface area (Å²) in [6.07, 6.45) is 1.19. The van der Waals surface area contributed by atoms with Gasteiger partial charge in [-0.1, -0.05) is 13.8 Å². The normalized spacial score (nSPS) is 19.6. The molecule has 4 nitrogen and oxygen atoms in total. The lowest BCUT2D eigenvalue weighted by Gasteiger charge is -2.23. The summed E-state index contributed by atoms with van der Waals surface area (Å²) in [5, 5.41) is 11.7. The molecular weight excluding hydrogens is 244 g/mol. The molecule has 0 atom stereocenters. The number of anilines is 1. The quantitative estimate of drug-likeness (QED) is 0.905. The second-order valence-corrected chi connectivity index (χ2v) is 7.06. The van der Waals surface area contributed by atoms with Gasteiger partial charge in [0.15, 0.2) is 5.82 Å². The fourth-order valence-electron chi connectivity index (χ4n) is 2.05. The zero-order valence-corrected chi connectivity index (χ0v) is 12.3. The summed E-state index contributed by atoms with van der Waals surface area (Å²) in [4.78, 5) is 2.35. The molecule has 0 unspecified atom stereocenters. The van der Waals surface area contributed by atoms with E-state index in [0.29, 0.717) is 4.75 Å². The number of nitrogens with one attached hydrogen (secondary N) is 1. The van der Waals surface area contributed by atoms with Crippen molar-refractivity contribution in [3.05, 3.63) is 17.8 Å². The number of nitrogens with zero attached hydrogens (tertiary/aromatic N) is 3. The first kappa shape index (κ1) is 13.6. The van der Waals surface area contributed by atoms with E-state index in [2.05, 4.69) is 58.2 Å². The first-order chi connectivity index (χ1) is 8.61. The zero-order valence-electron chi connectivity index (χ0n) is 11.4. The van der Waals surface area contributed by atoms with Crippen molar-refractivity contribution in [3.8, 4) is 0 Å². The molecule has 0 spiro atoms. The average Bonchev–Trinajstić information content (AvgIpc) is 2.52. The van der Waals surface area contributed by atoms with E-state index in [0.717, 1.165) is 36.9 Å². The van der Waals surface area contributed by atoms with E-state index in [1.807, 2.05) is 7.05 Å². The lowest BCUT2D eigenvalue weighted by molar-refractivity contribution is 0.632. The van der Waals surface area contributed by atoms with Crippen LogP contribution in [0.25, 0.3) is 0 Å². The lowest BCUT2D eigenvalue weighted by atomic mass is 10.1. The van der Waals surface area contributed by atoms with Crippen LogP contribution in [-0.4, -0.2) is 40.8 Å². The van der Waals surface area contributed by atoms with E-state index in [1.165, 1.54) is 6.42 Å². The van der Waals surface area contributed by atoms with Gasteiger partial charge in [0.05, 0.1) is 5.69 Å². The highest BCUT2D eigenvalue weighted by Crippen LogP contribution is 2.31. The zero-order chi connectivity index (χ0) is 13.0. The topological polar surface area (TPSA) is 41.0 Å². The predicted octanol–water partition coefficient (Wildman–Crippen LogP) is 1.92. The fourth-order valence-corrected chi connectivity index (χ4v) is 3.15. The Morgan fingerprint density at radius 3 is 2.83 bits per heavy atom. The Morgan fingerprint density at radius 2 is 2.17 bits per heavy atom.